The number of hydrogen-bond acceptors (Lipinski definition) is 7. The molecular formula is C28H30N6O3S. The van der Waals surface area contributed by atoms with E-state index in [-0.39, 0.29) is 23.5 Å². The minimum absolute atomic E-state index is 0.0780. The van der Waals surface area contributed by atoms with E-state index in [1.807, 2.05) is 62.1 Å². The lowest BCUT2D eigenvalue weighted by atomic mass is 9.65. The monoisotopic (exact) mass is 530 g/mol. The van der Waals surface area contributed by atoms with Gasteiger partial charge in [0, 0.05) is 42.0 Å². The molecule has 1 aliphatic heterocycles. The molecule has 1 aliphatic carbocycles. The van der Waals surface area contributed by atoms with E-state index in [0.29, 0.717) is 23.9 Å². The van der Waals surface area contributed by atoms with Gasteiger partial charge in [-0.3, -0.25) is 10.1 Å². The van der Waals surface area contributed by atoms with Gasteiger partial charge in [-0.2, -0.15) is 0 Å². The van der Waals surface area contributed by atoms with Gasteiger partial charge in [-0.25, -0.2) is 19.7 Å². The average molecular weight is 531 g/mol. The summed E-state index contributed by atoms with van der Waals surface area (Å²) in [6.45, 7) is 7.09. The van der Waals surface area contributed by atoms with Crippen LogP contribution in [0.25, 0.3) is 21.5 Å². The molecule has 38 heavy (non-hydrogen) atoms. The maximum absolute atomic E-state index is 13.3. The number of ether oxygens (including phenoxy) is 1. The normalized spacial score (nSPS) is 21.0. The molecule has 0 unspecified atom stereocenters. The van der Waals surface area contributed by atoms with Crippen molar-refractivity contribution >= 4 is 40.3 Å². The third kappa shape index (κ3) is 4.64. The minimum atomic E-state index is -0.504. The molecule has 1 spiro atoms. The van der Waals surface area contributed by atoms with Crippen LogP contribution in [-0.4, -0.2) is 55.1 Å². The van der Waals surface area contributed by atoms with E-state index in [1.165, 1.54) is 17.7 Å². The van der Waals surface area contributed by atoms with Crippen molar-refractivity contribution in [2.45, 2.75) is 51.7 Å². The number of fused-ring (bicyclic) bond motifs is 1. The van der Waals surface area contributed by atoms with E-state index in [4.69, 9.17) is 9.72 Å². The van der Waals surface area contributed by atoms with Gasteiger partial charge >= 0.3 is 6.09 Å². The number of anilines is 1. The van der Waals surface area contributed by atoms with Crippen LogP contribution in [0.2, 0.25) is 0 Å². The zero-order valence-corrected chi connectivity index (χ0v) is 22.5. The second-order valence-corrected chi connectivity index (χ2v) is 12.3. The lowest BCUT2D eigenvalue weighted by Crippen LogP contribution is -2.43. The molecule has 1 aromatic carbocycles. The molecular weight excluding hydrogens is 500 g/mol. The molecule has 4 aromatic rings. The number of carbonyl (C=O) groups is 2. The van der Waals surface area contributed by atoms with Crippen molar-refractivity contribution in [3.63, 3.8) is 0 Å². The summed E-state index contributed by atoms with van der Waals surface area (Å²) in [4.78, 5) is 42.1. The maximum atomic E-state index is 13.3. The van der Waals surface area contributed by atoms with Gasteiger partial charge in [0.1, 0.15) is 11.9 Å². The Kier molecular flexibility index (Phi) is 5.94. The first kappa shape index (κ1) is 24.5. The van der Waals surface area contributed by atoms with E-state index in [2.05, 4.69) is 19.9 Å². The van der Waals surface area contributed by atoms with Gasteiger partial charge in [-0.15, -0.1) is 11.3 Å². The van der Waals surface area contributed by atoms with E-state index in [0.717, 1.165) is 40.7 Å². The van der Waals surface area contributed by atoms with Gasteiger partial charge in [0.05, 0.1) is 15.9 Å². The second-order valence-electron chi connectivity index (χ2n) is 11.3. The molecule has 9 nitrogen and oxygen atoms in total. The van der Waals surface area contributed by atoms with Crippen LogP contribution in [0.3, 0.4) is 0 Å². The number of likely N-dealkylation sites (tertiary alicyclic amines) is 1. The Hall–Kier alpha value is -3.79. The fraction of sp³-hybridized carbons (Fsp3) is 0.393. The molecule has 0 atom stereocenters. The van der Waals surface area contributed by atoms with Crippen molar-refractivity contribution in [2.24, 2.45) is 5.41 Å². The number of imidazole rings is 1. The molecule has 1 saturated carbocycles. The number of nitrogens with zero attached hydrogens (tertiary/aromatic N) is 5. The first-order chi connectivity index (χ1) is 18.2. The highest BCUT2D eigenvalue weighted by molar-refractivity contribution is 7.17. The van der Waals surface area contributed by atoms with Gasteiger partial charge in [0.15, 0.2) is 0 Å². The molecule has 196 valence electrons. The quantitative estimate of drug-likeness (QED) is 0.359. The number of para-hydroxylation sites is 2. The molecule has 4 heterocycles. The van der Waals surface area contributed by atoms with Gasteiger partial charge < -0.3 is 14.2 Å². The molecule has 0 radical (unpaired) electrons. The molecule has 2 aliphatic rings. The number of carbonyl (C=O) groups excluding carboxylic acids is 2. The smallest absolute Gasteiger partial charge is 0.410 e. The Balaban J connectivity index is 1.20. The highest BCUT2D eigenvalue weighted by Crippen LogP contribution is 2.55. The minimum Gasteiger partial charge on any atom is -0.444 e. The average Bonchev–Trinajstić information content (AvgIpc) is 3.59. The van der Waals surface area contributed by atoms with Crippen LogP contribution >= 0.6 is 11.3 Å². The Morgan fingerprint density at radius 2 is 1.87 bits per heavy atom. The topological polar surface area (TPSA) is 102 Å². The molecule has 1 N–H and O–H groups in total. The lowest BCUT2D eigenvalue weighted by molar-refractivity contribution is 0.0199. The van der Waals surface area contributed by atoms with E-state index < -0.39 is 5.60 Å². The predicted octanol–water partition coefficient (Wildman–Crippen LogP) is 5.77. The molecule has 2 fully saturated rings. The zero-order valence-electron chi connectivity index (χ0n) is 21.7. The van der Waals surface area contributed by atoms with Crippen molar-refractivity contribution in [2.75, 3.05) is 18.4 Å². The number of thiophene rings is 1. The van der Waals surface area contributed by atoms with Gasteiger partial charge in [-0.05, 0) is 69.7 Å². The van der Waals surface area contributed by atoms with Crippen LogP contribution in [0.1, 0.15) is 55.7 Å². The number of nitrogens with one attached hydrogen (secondary N) is 1. The van der Waals surface area contributed by atoms with Crippen LogP contribution < -0.4 is 5.32 Å². The number of aromatic nitrogens is 4. The fourth-order valence-corrected chi connectivity index (χ4v) is 6.46. The highest BCUT2D eigenvalue weighted by Gasteiger charge is 2.51. The summed E-state index contributed by atoms with van der Waals surface area (Å²) in [7, 11) is 0. The van der Waals surface area contributed by atoms with Crippen molar-refractivity contribution in [1.82, 2.24) is 24.4 Å². The molecule has 2 amide bonds. The van der Waals surface area contributed by atoms with Crippen molar-refractivity contribution < 1.29 is 14.3 Å². The Morgan fingerprint density at radius 1 is 1.11 bits per heavy atom. The standard InChI is InChI=1S/C28H30N6O3S/c1-27(2,3)37-26(36)33-11-10-28(16-33)12-19(13-28)34-21-7-5-4-6-20(21)31-25(34)32-24(35)23-9-8-22(38-23)18-14-29-17-30-15-18/h4-9,14-15,17,19H,10-13,16H2,1-3H3,(H,31,32,35). The summed E-state index contributed by atoms with van der Waals surface area (Å²) in [5.74, 6) is 0.358. The molecule has 3 aromatic heterocycles. The number of rotatable bonds is 4. The number of benzene rings is 1. The summed E-state index contributed by atoms with van der Waals surface area (Å²) < 4.78 is 7.75. The van der Waals surface area contributed by atoms with Crippen LogP contribution in [-0.2, 0) is 4.74 Å². The van der Waals surface area contributed by atoms with E-state index >= 15 is 0 Å². The summed E-state index contributed by atoms with van der Waals surface area (Å²) in [6, 6.07) is 11.9. The second kappa shape index (κ2) is 9.20. The largest absolute Gasteiger partial charge is 0.444 e. The first-order valence-electron chi connectivity index (χ1n) is 12.8. The SMILES string of the molecule is CC(C)(C)OC(=O)N1CCC2(CC(n3c(NC(=O)c4ccc(-c5cncnc5)s4)nc4ccccc43)C2)C1. The Bertz CT molecular complexity index is 1500. The molecule has 6 rings (SSSR count). The number of amides is 2. The summed E-state index contributed by atoms with van der Waals surface area (Å²) >= 11 is 1.40. The first-order valence-corrected chi connectivity index (χ1v) is 13.6. The third-order valence-electron chi connectivity index (χ3n) is 7.29. The van der Waals surface area contributed by atoms with Crippen molar-refractivity contribution in [1.29, 1.82) is 0 Å². The van der Waals surface area contributed by atoms with E-state index in [9.17, 15) is 9.59 Å². The summed E-state index contributed by atoms with van der Waals surface area (Å²) in [5, 5.41) is 3.07. The predicted molar refractivity (Wildman–Crippen MR) is 146 cm³/mol. The fourth-order valence-electron chi connectivity index (χ4n) is 5.58. The molecule has 0 bridgehead atoms. The molecule has 1 saturated heterocycles. The van der Waals surface area contributed by atoms with Crippen molar-refractivity contribution in [3.8, 4) is 10.4 Å². The molecule has 10 heteroatoms. The third-order valence-corrected chi connectivity index (χ3v) is 8.42. The summed E-state index contributed by atoms with van der Waals surface area (Å²) in [5.41, 5.74) is 2.29. The van der Waals surface area contributed by atoms with Crippen LogP contribution in [0.5, 0.6) is 0 Å². The Morgan fingerprint density at radius 3 is 2.63 bits per heavy atom. The van der Waals surface area contributed by atoms with E-state index in [1.54, 1.807) is 12.4 Å². The van der Waals surface area contributed by atoms with Crippen LogP contribution in [0.15, 0.2) is 55.1 Å². The van der Waals surface area contributed by atoms with Gasteiger partial charge in [0.2, 0.25) is 5.95 Å². The Labute approximate surface area is 224 Å². The van der Waals surface area contributed by atoms with Crippen LogP contribution in [0.4, 0.5) is 10.7 Å². The number of hydrogen-bond donors (Lipinski definition) is 1. The van der Waals surface area contributed by atoms with Gasteiger partial charge in [-0.1, -0.05) is 12.1 Å². The van der Waals surface area contributed by atoms with Crippen LogP contribution in [0, 0.1) is 5.41 Å². The summed E-state index contributed by atoms with van der Waals surface area (Å²) in [6.07, 6.45) is 7.52. The zero-order chi connectivity index (χ0) is 26.5. The van der Waals surface area contributed by atoms with Crippen molar-refractivity contribution in [3.05, 3.63) is 60.0 Å². The maximum Gasteiger partial charge on any atom is 0.410 e. The lowest BCUT2D eigenvalue weighted by Gasteiger charge is -2.46. The highest BCUT2D eigenvalue weighted by atomic mass is 32.1. The van der Waals surface area contributed by atoms with Gasteiger partial charge in [0.25, 0.3) is 5.91 Å².